The number of urea groups is 1. The van der Waals surface area contributed by atoms with E-state index in [1.54, 1.807) is 18.4 Å². The van der Waals surface area contributed by atoms with Crippen molar-refractivity contribution in [3.63, 3.8) is 0 Å². The summed E-state index contributed by atoms with van der Waals surface area (Å²) in [6.45, 7) is 2.95. The first-order valence-electron chi connectivity index (χ1n) is 6.03. The van der Waals surface area contributed by atoms with E-state index in [0.29, 0.717) is 18.8 Å². The molecule has 3 N–H and O–H groups in total. The van der Waals surface area contributed by atoms with Gasteiger partial charge in [0.05, 0.1) is 19.4 Å². The SMILES string of the molecule is CCCCNC(=O)NCC(=O)NCc1ccco1. The fourth-order valence-electron chi connectivity index (χ4n) is 1.26. The van der Waals surface area contributed by atoms with Crippen LogP contribution in [0, 0.1) is 0 Å². The zero-order valence-electron chi connectivity index (χ0n) is 10.5. The van der Waals surface area contributed by atoms with Gasteiger partial charge in [0.2, 0.25) is 5.91 Å². The lowest BCUT2D eigenvalue weighted by molar-refractivity contribution is -0.120. The van der Waals surface area contributed by atoms with E-state index < -0.39 is 0 Å². The lowest BCUT2D eigenvalue weighted by Gasteiger charge is -2.07. The van der Waals surface area contributed by atoms with Gasteiger partial charge < -0.3 is 20.4 Å². The largest absolute Gasteiger partial charge is 0.467 e. The molecule has 100 valence electrons. The highest BCUT2D eigenvalue weighted by atomic mass is 16.3. The van der Waals surface area contributed by atoms with Crippen LogP contribution in [-0.2, 0) is 11.3 Å². The predicted octanol–water partition coefficient (Wildman–Crippen LogP) is 0.995. The highest BCUT2D eigenvalue weighted by Gasteiger charge is 2.05. The molecule has 1 heterocycles. The molecular weight excluding hydrogens is 234 g/mol. The van der Waals surface area contributed by atoms with Crippen molar-refractivity contribution in [3.05, 3.63) is 24.2 Å². The van der Waals surface area contributed by atoms with Gasteiger partial charge in [-0.15, -0.1) is 0 Å². The molecule has 0 bridgehead atoms. The van der Waals surface area contributed by atoms with Crippen LogP contribution in [0.25, 0.3) is 0 Å². The minimum atomic E-state index is -0.323. The van der Waals surface area contributed by atoms with Crippen molar-refractivity contribution in [2.45, 2.75) is 26.3 Å². The van der Waals surface area contributed by atoms with Gasteiger partial charge in [-0.25, -0.2) is 4.79 Å². The van der Waals surface area contributed by atoms with Gasteiger partial charge in [-0.05, 0) is 18.6 Å². The number of furan rings is 1. The van der Waals surface area contributed by atoms with Gasteiger partial charge in [0.25, 0.3) is 0 Å². The maximum absolute atomic E-state index is 11.4. The van der Waals surface area contributed by atoms with Gasteiger partial charge in [0.1, 0.15) is 5.76 Å². The van der Waals surface area contributed by atoms with Crippen LogP contribution in [-0.4, -0.2) is 25.0 Å². The Balaban J connectivity index is 2.07. The molecule has 18 heavy (non-hydrogen) atoms. The number of rotatable bonds is 7. The molecule has 1 aromatic heterocycles. The topological polar surface area (TPSA) is 83.4 Å². The van der Waals surface area contributed by atoms with Crippen LogP contribution in [0.5, 0.6) is 0 Å². The molecule has 1 aromatic rings. The number of unbranched alkanes of at least 4 members (excludes halogenated alkanes) is 1. The molecule has 6 nitrogen and oxygen atoms in total. The van der Waals surface area contributed by atoms with Gasteiger partial charge in [0.15, 0.2) is 0 Å². The summed E-state index contributed by atoms with van der Waals surface area (Å²) in [4.78, 5) is 22.6. The summed E-state index contributed by atoms with van der Waals surface area (Å²) in [6, 6.07) is 3.20. The molecule has 6 heteroatoms. The Morgan fingerprint density at radius 1 is 1.28 bits per heavy atom. The molecule has 0 saturated heterocycles. The van der Waals surface area contributed by atoms with E-state index in [0.717, 1.165) is 12.8 Å². The Morgan fingerprint density at radius 3 is 2.78 bits per heavy atom. The number of carbonyl (C=O) groups excluding carboxylic acids is 2. The van der Waals surface area contributed by atoms with E-state index >= 15 is 0 Å². The normalized spacial score (nSPS) is 9.83. The standard InChI is InChI=1S/C12H19N3O3/c1-2-3-6-13-12(17)15-9-11(16)14-8-10-5-4-7-18-10/h4-5,7H,2-3,6,8-9H2,1H3,(H,14,16)(H2,13,15,17). The molecule has 1 rings (SSSR count). The highest BCUT2D eigenvalue weighted by molar-refractivity contribution is 5.83. The summed E-state index contributed by atoms with van der Waals surface area (Å²) in [7, 11) is 0. The summed E-state index contributed by atoms with van der Waals surface area (Å²) in [5.41, 5.74) is 0. The van der Waals surface area contributed by atoms with Crippen molar-refractivity contribution in [1.29, 1.82) is 0 Å². The molecule has 0 fully saturated rings. The molecule has 0 unspecified atom stereocenters. The van der Waals surface area contributed by atoms with Crippen molar-refractivity contribution in [2.75, 3.05) is 13.1 Å². The van der Waals surface area contributed by atoms with E-state index in [-0.39, 0.29) is 18.5 Å². The summed E-state index contributed by atoms with van der Waals surface area (Å²) in [5.74, 6) is 0.424. The second-order valence-corrected chi connectivity index (χ2v) is 3.82. The van der Waals surface area contributed by atoms with Gasteiger partial charge in [-0.3, -0.25) is 4.79 Å². The zero-order valence-corrected chi connectivity index (χ0v) is 10.5. The van der Waals surface area contributed by atoms with Gasteiger partial charge in [0, 0.05) is 6.54 Å². The van der Waals surface area contributed by atoms with E-state index in [1.807, 2.05) is 6.92 Å². The molecule has 0 saturated carbocycles. The summed E-state index contributed by atoms with van der Waals surface area (Å²) >= 11 is 0. The fourth-order valence-corrected chi connectivity index (χ4v) is 1.26. The molecule has 0 aliphatic carbocycles. The number of amides is 3. The molecule has 3 amide bonds. The molecule has 0 radical (unpaired) electrons. The van der Waals surface area contributed by atoms with E-state index in [9.17, 15) is 9.59 Å². The minimum Gasteiger partial charge on any atom is -0.467 e. The number of carbonyl (C=O) groups is 2. The smallest absolute Gasteiger partial charge is 0.315 e. The second kappa shape index (κ2) is 8.16. The van der Waals surface area contributed by atoms with Crippen LogP contribution < -0.4 is 16.0 Å². The van der Waals surface area contributed by atoms with E-state index in [4.69, 9.17) is 4.42 Å². The van der Waals surface area contributed by atoms with Crippen LogP contribution in [0.1, 0.15) is 25.5 Å². The van der Waals surface area contributed by atoms with Gasteiger partial charge >= 0.3 is 6.03 Å². The minimum absolute atomic E-state index is 0.0430. The third-order valence-electron chi connectivity index (χ3n) is 2.27. The molecule has 0 atom stereocenters. The monoisotopic (exact) mass is 253 g/mol. The first-order chi connectivity index (χ1) is 8.72. The van der Waals surface area contributed by atoms with Crippen LogP contribution >= 0.6 is 0 Å². The van der Waals surface area contributed by atoms with Crippen LogP contribution in [0.3, 0.4) is 0 Å². The van der Waals surface area contributed by atoms with Crippen molar-refractivity contribution in [3.8, 4) is 0 Å². The van der Waals surface area contributed by atoms with Gasteiger partial charge in [-0.2, -0.15) is 0 Å². The van der Waals surface area contributed by atoms with E-state index in [1.165, 1.54) is 0 Å². The lowest BCUT2D eigenvalue weighted by atomic mass is 10.3. The average molecular weight is 253 g/mol. The number of nitrogens with one attached hydrogen (secondary N) is 3. The Morgan fingerprint density at radius 2 is 2.11 bits per heavy atom. The summed E-state index contributed by atoms with van der Waals surface area (Å²) < 4.78 is 5.06. The molecule has 0 aliphatic rings. The lowest BCUT2D eigenvalue weighted by Crippen LogP contribution is -2.42. The van der Waals surface area contributed by atoms with Gasteiger partial charge in [-0.1, -0.05) is 13.3 Å². The highest BCUT2D eigenvalue weighted by Crippen LogP contribution is 1.97. The Hall–Kier alpha value is -1.98. The third-order valence-corrected chi connectivity index (χ3v) is 2.27. The summed E-state index contributed by atoms with van der Waals surface area (Å²) in [6.07, 6.45) is 3.49. The Bertz CT molecular complexity index is 363. The van der Waals surface area contributed by atoms with Crippen molar-refractivity contribution in [1.82, 2.24) is 16.0 Å². The fraction of sp³-hybridized carbons (Fsp3) is 0.500. The number of hydrogen-bond donors (Lipinski definition) is 3. The Labute approximate surface area is 106 Å². The summed E-state index contributed by atoms with van der Waals surface area (Å²) in [5, 5.41) is 7.77. The van der Waals surface area contributed by atoms with Crippen molar-refractivity contribution >= 4 is 11.9 Å². The molecule has 0 aromatic carbocycles. The van der Waals surface area contributed by atoms with Crippen molar-refractivity contribution < 1.29 is 14.0 Å². The zero-order chi connectivity index (χ0) is 13.2. The molecule has 0 aliphatic heterocycles. The molecular formula is C12H19N3O3. The van der Waals surface area contributed by atoms with Crippen molar-refractivity contribution in [2.24, 2.45) is 0 Å². The first kappa shape index (κ1) is 14.1. The Kier molecular flexibility index (Phi) is 6.38. The predicted molar refractivity (Wildman–Crippen MR) is 66.9 cm³/mol. The molecule has 0 spiro atoms. The number of hydrogen-bond acceptors (Lipinski definition) is 3. The first-order valence-corrected chi connectivity index (χ1v) is 6.03. The average Bonchev–Trinajstić information content (AvgIpc) is 2.87. The quantitative estimate of drug-likeness (QED) is 0.634. The van der Waals surface area contributed by atoms with E-state index in [2.05, 4.69) is 16.0 Å². The van der Waals surface area contributed by atoms with Crippen LogP contribution in [0.15, 0.2) is 22.8 Å². The van der Waals surface area contributed by atoms with Crippen LogP contribution in [0.2, 0.25) is 0 Å². The maximum Gasteiger partial charge on any atom is 0.315 e. The third kappa shape index (κ3) is 5.93. The van der Waals surface area contributed by atoms with Crippen LogP contribution in [0.4, 0.5) is 4.79 Å². The maximum atomic E-state index is 11.4. The second-order valence-electron chi connectivity index (χ2n) is 3.82.